The van der Waals surface area contributed by atoms with Gasteiger partial charge in [0, 0.05) is 11.3 Å². The summed E-state index contributed by atoms with van der Waals surface area (Å²) < 4.78 is 0. The first-order valence-electron chi connectivity index (χ1n) is 15.1. The lowest BCUT2D eigenvalue weighted by Crippen LogP contribution is -2.18. The Morgan fingerprint density at radius 3 is 2.10 bits per heavy atom. The minimum Gasteiger partial charge on any atom is -0.508 e. The fourth-order valence-electron chi connectivity index (χ4n) is 6.54. The van der Waals surface area contributed by atoms with Crippen LogP contribution in [0, 0.1) is 0 Å². The van der Waals surface area contributed by atoms with E-state index in [0.29, 0.717) is 11.3 Å². The number of phenols is 1. The second kappa shape index (κ2) is 12.5. The number of fused-ring (bicyclic) bond motifs is 1. The van der Waals surface area contributed by atoms with Crippen molar-refractivity contribution in [2.75, 3.05) is 5.32 Å². The minimum absolute atomic E-state index is 0.164. The first-order valence-corrected chi connectivity index (χ1v) is 15.1. The number of aryl methyl sites for hydroxylation is 1. The number of hydrogen-bond donors (Lipinski definition) is 2. The molecular weight excluding hydrogens is 490 g/mol. The number of amides is 1. The molecule has 2 N–H and O–H groups in total. The standard InChI is InChI=1S/C37H47NO2/c1-7-8-9-10-11-12-13-29-23-33-34(37(5,6)25-36(33,3)4)24-32(29)26(2)22-27-14-16-28(17-15-27)35(40)38-30-18-20-31(39)21-19-30/h14-24,39H,7-13,25H2,1-6H3,(H,38,40)/b26-22+. The van der Waals surface area contributed by atoms with Crippen molar-refractivity contribution in [1.29, 1.82) is 0 Å². The third-order valence-electron chi connectivity index (χ3n) is 8.49. The number of unbranched alkanes of at least 4 members (excludes halogenated alkanes) is 5. The molecule has 0 atom stereocenters. The summed E-state index contributed by atoms with van der Waals surface area (Å²) in [7, 11) is 0. The van der Waals surface area contributed by atoms with Gasteiger partial charge in [0.2, 0.25) is 0 Å². The number of rotatable bonds is 11. The first-order chi connectivity index (χ1) is 19.0. The number of anilines is 1. The predicted molar refractivity (Wildman–Crippen MR) is 170 cm³/mol. The van der Waals surface area contributed by atoms with Gasteiger partial charge in [0.15, 0.2) is 0 Å². The van der Waals surface area contributed by atoms with Crippen LogP contribution in [0.15, 0.2) is 60.7 Å². The van der Waals surface area contributed by atoms with Crippen LogP contribution in [0.5, 0.6) is 5.75 Å². The average molecular weight is 538 g/mol. The predicted octanol–water partition coefficient (Wildman–Crippen LogP) is 10.1. The molecule has 212 valence electrons. The van der Waals surface area contributed by atoms with Crippen LogP contribution in [0.25, 0.3) is 11.6 Å². The molecule has 40 heavy (non-hydrogen) atoms. The van der Waals surface area contributed by atoms with Gasteiger partial charge in [0.25, 0.3) is 5.91 Å². The number of nitrogens with one attached hydrogen (secondary N) is 1. The second-order valence-electron chi connectivity index (χ2n) is 13.0. The highest BCUT2D eigenvalue weighted by molar-refractivity contribution is 6.04. The molecule has 0 aliphatic heterocycles. The van der Waals surface area contributed by atoms with E-state index >= 15 is 0 Å². The molecule has 0 fully saturated rings. The summed E-state index contributed by atoms with van der Waals surface area (Å²) in [6.07, 6.45) is 12.4. The van der Waals surface area contributed by atoms with Gasteiger partial charge in [-0.1, -0.05) is 97.1 Å². The molecular formula is C37H47NO2. The Labute approximate surface area is 241 Å². The lowest BCUT2D eigenvalue weighted by Gasteiger charge is -2.22. The molecule has 1 amide bonds. The summed E-state index contributed by atoms with van der Waals surface area (Å²) in [4.78, 5) is 12.7. The number of phenolic OH excluding ortho intramolecular Hbond substituents is 1. The van der Waals surface area contributed by atoms with Crippen LogP contribution in [0.3, 0.4) is 0 Å². The van der Waals surface area contributed by atoms with E-state index in [2.05, 4.69) is 65.1 Å². The van der Waals surface area contributed by atoms with Crippen LogP contribution < -0.4 is 5.32 Å². The monoisotopic (exact) mass is 537 g/mol. The molecule has 3 aromatic carbocycles. The molecule has 1 aliphatic carbocycles. The van der Waals surface area contributed by atoms with Crippen molar-refractivity contribution < 1.29 is 9.90 Å². The van der Waals surface area contributed by atoms with E-state index < -0.39 is 0 Å². The number of carbonyl (C=O) groups is 1. The third kappa shape index (κ3) is 7.05. The van der Waals surface area contributed by atoms with Gasteiger partial charge in [-0.2, -0.15) is 0 Å². The Balaban J connectivity index is 1.57. The lowest BCUT2D eigenvalue weighted by molar-refractivity contribution is 0.102. The fourth-order valence-corrected chi connectivity index (χ4v) is 6.54. The van der Waals surface area contributed by atoms with Gasteiger partial charge in [-0.25, -0.2) is 0 Å². The molecule has 0 saturated carbocycles. The third-order valence-corrected chi connectivity index (χ3v) is 8.49. The summed E-state index contributed by atoms with van der Waals surface area (Å²) in [5.41, 5.74) is 9.84. The Morgan fingerprint density at radius 2 is 1.45 bits per heavy atom. The van der Waals surface area contributed by atoms with Crippen molar-refractivity contribution in [2.24, 2.45) is 0 Å². The Morgan fingerprint density at radius 1 is 0.850 bits per heavy atom. The van der Waals surface area contributed by atoms with Crippen molar-refractivity contribution >= 4 is 23.2 Å². The first kappa shape index (κ1) is 29.6. The zero-order valence-corrected chi connectivity index (χ0v) is 25.4. The van der Waals surface area contributed by atoms with Gasteiger partial charge in [0.1, 0.15) is 5.75 Å². The summed E-state index contributed by atoms with van der Waals surface area (Å²) in [6.45, 7) is 14.1. The molecule has 3 nitrogen and oxygen atoms in total. The van der Waals surface area contributed by atoms with Gasteiger partial charge in [0.05, 0.1) is 0 Å². The van der Waals surface area contributed by atoms with Gasteiger partial charge in [-0.3, -0.25) is 4.79 Å². The van der Waals surface area contributed by atoms with E-state index in [4.69, 9.17) is 0 Å². The maximum absolute atomic E-state index is 12.7. The number of hydrogen-bond acceptors (Lipinski definition) is 2. The van der Waals surface area contributed by atoms with Crippen molar-refractivity contribution in [3.05, 3.63) is 94.0 Å². The van der Waals surface area contributed by atoms with E-state index in [9.17, 15) is 9.90 Å². The Bertz CT molecular complexity index is 1340. The fraction of sp³-hybridized carbons (Fsp3) is 0.432. The summed E-state index contributed by atoms with van der Waals surface area (Å²) in [5, 5.41) is 12.4. The maximum Gasteiger partial charge on any atom is 0.255 e. The van der Waals surface area contributed by atoms with Crippen LogP contribution >= 0.6 is 0 Å². The van der Waals surface area contributed by atoms with E-state index in [1.165, 1.54) is 72.8 Å². The molecule has 0 radical (unpaired) electrons. The van der Waals surface area contributed by atoms with Crippen LogP contribution in [-0.2, 0) is 17.3 Å². The summed E-state index contributed by atoms with van der Waals surface area (Å²) in [5.74, 6) is 0.0120. The highest BCUT2D eigenvalue weighted by Crippen LogP contribution is 2.50. The molecule has 0 spiro atoms. The molecule has 0 aromatic heterocycles. The minimum atomic E-state index is -0.164. The van der Waals surface area contributed by atoms with Crippen molar-refractivity contribution in [3.63, 3.8) is 0 Å². The highest BCUT2D eigenvalue weighted by atomic mass is 16.3. The number of aromatic hydroxyl groups is 1. The molecule has 0 unspecified atom stereocenters. The van der Waals surface area contributed by atoms with Crippen molar-refractivity contribution in [2.45, 2.75) is 104 Å². The largest absolute Gasteiger partial charge is 0.508 e. The van der Waals surface area contributed by atoms with E-state index in [1.807, 2.05) is 24.3 Å². The normalized spacial score (nSPS) is 15.6. The number of allylic oxidation sites excluding steroid dienone is 1. The summed E-state index contributed by atoms with van der Waals surface area (Å²) in [6, 6.07) is 19.3. The SMILES string of the molecule is CCCCCCCCc1cc2c(cc1/C(C)=C/c1ccc(C(=O)Nc3ccc(O)cc3)cc1)C(C)(C)CC2(C)C. The summed E-state index contributed by atoms with van der Waals surface area (Å²) >= 11 is 0. The quantitative estimate of drug-likeness (QED) is 0.145. The Kier molecular flexibility index (Phi) is 9.23. The van der Waals surface area contributed by atoms with Gasteiger partial charge >= 0.3 is 0 Å². The zero-order valence-electron chi connectivity index (χ0n) is 25.4. The molecule has 0 bridgehead atoms. The maximum atomic E-state index is 12.7. The smallest absolute Gasteiger partial charge is 0.255 e. The second-order valence-corrected chi connectivity index (χ2v) is 13.0. The zero-order chi connectivity index (χ0) is 28.9. The number of carbonyl (C=O) groups excluding carboxylic acids is 1. The van der Waals surface area contributed by atoms with Gasteiger partial charge in [-0.15, -0.1) is 0 Å². The Hall–Kier alpha value is -3.33. The molecule has 3 heteroatoms. The molecule has 0 heterocycles. The lowest BCUT2D eigenvalue weighted by atomic mass is 9.82. The van der Waals surface area contributed by atoms with Crippen molar-refractivity contribution in [1.82, 2.24) is 0 Å². The molecule has 3 aromatic rings. The average Bonchev–Trinajstić information content (AvgIpc) is 3.09. The van der Waals surface area contributed by atoms with E-state index in [0.717, 1.165) is 12.0 Å². The van der Waals surface area contributed by atoms with Crippen LogP contribution in [0.4, 0.5) is 5.69 Å². The van der Waals surface area contributed by atoms with E-state index in [-0.39, 0.29) is 22.5 Å². The van der Waals surface area contributed by atoms with E-state index in [1.54, 1.807) is 24.3 Å². The number of benzene rings is 3. The van der Waals surface area contributed by atoms with Crippen molar-refractivity contribution in [3.8, 4) is 5.75 Å². The van der Waals surface area contributed by atoms with Gasteiger partial charge in [-0.05, 0) is 107 Å². The molecule has 4 rings (SSSR count). The van der Waals surface area contributed by atoms with Crippen LogP contribution in [0.2, 0.25) is 0 Å². The topological polar surface area (TPSA) is 49.3 Å². The van der Waals surface area contributed by atoms with Crippen LogP contribution in [0.1, 0.15) is 125 Å². The highest BCUT2D eigenvalue weighted by Gasteiger charge is 2.42. The van der Waals surface area contributed by atoms with Crippen LogP contribution in [-0.4, -0.2) is 11.0 Å². The molecule has 0 saturated heterocycles. The molecule has 1 aliphatic rings. The van der Waals surface area contributed by atoms with Gasteiger partial charge < -0.3 is 10.4 Å².